The van der Waals surface area contributed by atoms with Crippen molar-refractivity contribution in [1.29, 1.82) is 0 Å². The van der Waals surface area contributed by atoms with Gasteiger partial charge in [0.05, 0.1) is 0 Å². The first-order valence-corrected chi connectivity index (χ1v) is 5.38. The van der Waals surface area contributed by atoms with Crippen LogP contribution in [-0.2, 0) is 0 Å². The van der Waals surface area contributed by atoms with Crippen LogP contribution >= 0.6 is 23.2 Å². The van der Waals surface area contributed by atoms with Gasteiger partial charge in [0.15, 0.2) is 11.6 Å². The monoisotopic (exact) mass is 274 g/mol. The first kappa shape index (κ1) is 12.1. The standard InChI is InChI=1S/C12H6Cl2F2O/c13-7-3-6(4-8(14)5-7)9-1-2-10(17)12(16)11(9)15/h1-5,17H. The van der Waals surface area contributed by atoms with Crippen molar-refractivity contribution >= 4 is 23.2 Å². The van der Waals surface area contributed by atoms with Crippen LogP contribution in [0, 0.1) is 11.6 Å². The molecule has 0 spiro atoms. The Kier molecular flexibility index (Phi) is 3.22. The van der Waals surface area contributed by atoms with E-state index in [-0.39, 0.29) is 5.56 Å². The molecular weight excluding hydrogens is 269 g/mol. The zero-order valence-corrected chi connectivity index (χ0v) is 9.86. The molecule has 0 amide bonds. The molecule has 0 fully saturated rings. The number of phenols is 1. The maximum absolute atomic E-state index is 13.6. The lowest BCUT2D eigenvalue weighted by molar-refractivity contribution is 0.408. The van der Waals surface area contributed by atoms with E-state index in [1.807, 2.05) is 0 Å². The van der Waals surface area contributed by atoms with Crippen molar-refractivity contribution in [3.63, 3.8) is 0 Å². The molecule has 2 rings (SSSR count). The van der Waals surface area contributed by atoms with Crippen molar-refractivity contribution in [2.45, 2.75) is 0 Å². The van der Waals surface area contributed by atoms with Crippen LogP contribution in [0.15, 0.2) is 30.3 Å². The van der Waals surface area contributed by atoms with Crippen molar-refractivity contribution in [2.75, 3.05) is 0 Å². The highest BCUT2D eigenvalue weighted by Gasteiger charge is 2.14. The van der Waals surface area contributed by atoms with Crippen LogP contribution in [-0.4, -0.2) is 5.11 Å². The van der Waals surface area contributed by atoms with Gasteiger partial charge in [0.2, 0.25) is 5.82 Å². The second-order valence-corrected chi connectivity index (χ2v) is 4.29. The average molecular weight is 275 g/mol. The minimum Gasteiger partial charge on any atom is -0.505 e. The first-order valence-electron chi connectivity index (χ1n) is 4.62. The van der Waals surface area contributed by atoms with E-state index >= 15 is 0 Å². The smallest absolute Gasteiger partial charge is 0.200 e. The van der Waals surface area contributed by atoms with Crippen LogP contribution < -0.4 is 0 Å². The topological polar surface area (TPSA) is 20.2 Å². The SMILES string of the molecule is Oc1ccc(-c2cc(Cl)cc(Cl)c2)c(F)c1F. The molecule has 0 saturated carbocycles. The van der Waals surface area contributed by atoms with Crippen molar-refractivity contribution in [1.82, 2.24) is 0 Å². The van der Waals surface area contributed by atoms with Crippen molar-refractivity contribution < 1.29 is 13.9 Å². The van der Waals surface area contributed by atoms with Crippen LogP contribution in [0.25, 0.3) is 11.1 Å². The lowest BCUT2D eigenvalue weighted by atomic mass is 10.0. The lowest BCUT2D eigenvalue weighted by Gasteiger charge is -2.06. The molecule has 1 N–H and O–H groups in total. The Morgan fingerprint density at radius 1 is 0.882 bits per heavy atom. The van der Waals surface area contributed by atoms with Gasteiger partial charge < -0.3 is 5.11 Å². The van der Waals surface area contributed by atoms with Gasteiger partial charge >= 0.3 is 0 Å². The molecule has 2 aromatic carbocycles. The Balaban J connectivity index is 2.64. The summed E-state index contributed by atoms with van der Waals surface area (Å²) in [7, 11) is 0. The number of hydrogen-bond donors (Lipinski definition) is 1. The van der Waals surface area contributed by atoms with Gasteiger partial charge in [0.25, 0.3) is 0 Å². The van der Waals surface area contributed by atoms with E-state index in [2.05, 4.69) is 0 Å². The second-order valence-electron chi connectivity index (χ2n) is 3.42. The van der Waals surface area contributed by atoms with Crippen molar-refractivity contribution in [3.05, 3.63) is 52.0 Å². The number of phenolic OH excluding ortho intramolecular Hbond substituents is 1. The first-order chi connectivity index (χ1) is 7.99. The molecule has 0 saturated heterocycles. The van der Waals surface area contributed by atoms with E-state index in [1.54, 1.807) is 0 Å². The van der Waals surface area contributed by atoms with Gasteiger partial charge in [-0.2, -0.15) is 4.39 Å². The molecule has 0 aromatic heterocycles. The average Bonchev–Trinajstić information content (AvgIpc) is 2.24. The van der Waals surface area contributed by atoms with Crippen LogP contribution in [0.4, 0.5) is 8.78 Å². The molecule has 1 nitrogen and oxygen atoms in total. The molecular formula is C12H6Cl2F2O. The quantitative estimate of drug-likeness (QED) is 0.803. The maximum Gasteiger partial charge on any atom is 0.200 e. The van der Waals surface area contributed by atoms with Gasteiger partial charge in [-0.3, -0.25) is 0 Å². The van der Waals surface area contributed by atoms with Gasteiger partial charge in [0.1, 0.15) is 0 Å². The second kappa shape index (κ2) is 4.51. The molecule has 0 atom stereocenters. The van der Waals surface area contributed by atoms with E-state index in [4.69, 9.17) is 28.3 Å². The third kappa shape index (κ3) is 2.35. The Morgan fingerprint density at radius 3 is 2.06 bits per heavy atom. The fourth-order valence-electron chi connectivity index (χ4n) is 1.47. The highest BCUT2D eigenvalue weighted by molar-refractivity contribution is 6.35. The molecule has 0 unspecified atom stereocenters. The summed E-state index contributed by atoms with van der Waals surface area (Å²) in [6.45, 7) is 0. The molecule has 0 aliphatic heterocycles. The molecule has 0 heterocycles. The Labute approximate surface area is 106 Å². The lowest BCUT2D eigenvalue weighted by Crippen LogP contribution is -1.90. The summed E-state index contributed by atoms with van der Waals surface area (Å²) in [6, 6.07) is 6.74. The van der Waals surface area contributed by atoms with E-state index in [1.165, 1.54) is 24.3 Å². The fraction of sp³-hybridized carbons (Fsp3) is 0. The van der Waals surface area contributed by atoms with Crippen LogP contribution in [0.1, 0.15) is 0 Å². The summed E-state index contributed by atoms with van der Waals surface area (Å²) in [6.07, 6.45) is 0. The molecule has 0 radical (unpaired) electrons. The normalized spacial score (nSPS) is 10.6. The molecule has 0 aliphatic rings. The molecule has 17 heavy (non-hydrogen) atoms. The van der Waals surface area contributed by atoms with Crippen molar-refractivity contribution in [3.8, 4) is 16.9 Å². The van der Waals surface area contributed by atoms with Crippen LogP contribution in [0.5, 0.6) is 5.75 Å². The van der Waals surface area contributed by atoms with Crippen LogP contribution in [0.2, 0.25) is 10.0 Å². The minimum atomic E-state index is -1.29. The predicted octanol–water partition coefficient (Wildman–Crippen LogP) is 4.64. The van der Waals surface area contributed by atoms with E-state index in [9.17, 15) is 8.78 Å². The maximum atomic E-state index is 13.6. The summed E-state index contributed by atoms with van der Waals surface area (Å²) in [5, 5.41) is 9.65. The zero-order valence-electron chi connectivity index (χ0n) is 8.35. The molecule has 0 aliphatic carbocycles. The third-order valence-corrected chi connectivity index (χ3v) is 2.67. The number of benzene rings is 2. The van der Waals surface area contributed by atoms with Crippen LogP contribution in [0.3, 0.4) is 0 Å². The summed E-state index contributed by atoms with van der Waals surface area (Å²) in [5.74, 6) is -3.17. The number of aromatic hydroxyl groups is 1. The van der Waals surface area contributed by atoms with Gasteiger partial charge in [-0.15, -0.1) is 0 Å². The Morgan fingerprint density at radius 2 is 1.47 bits per heavy atom. The molecule has 2 aromatic rings. The Bertz CT molecular complexity index is 565. The number of hydrogen-bond acceptors (Lipinski definition) is 1. The summed E-state index contributed by atoms with van der Waals surface area (Å²) >= 11 is 11.5. The fourth-order valence-corrected chi connectivity index (χ4v) is 2.00. The van der Waals surface area contributed by atoms with Gasteiger partial charge in [0, 0.05) is 15.6 Å². The van der Waals surface area contributed by atoms with E-state index in [0.29, 0.717) is 15.6 Å². The van der Waals surface area contributed by atoms with Gasteiger partial charge in [-0.05, 0) is 35.9 Å². The summed E-state index contributed by atoms with van der Waals surface area (Å²) < 4.78 is 26.8. The minimum absolute atomic E-state index is 0.00954. The largest absolute Gasteiger partial charge is 0.505 e. The highest BCUT2D eigenvalue weighted by atomic mass is 35.5. The molecule has 88 valence electrons. The summed E-state index contributed by atoms with van der Waals surface area (Å²) in [5.41, 5.74) is 0.337. The van der Waals surface area contributed by atoms with E-state index < -0.39 is 17.4 Å². The Hall–Kier alpha value is -1.32. The number of halogens is 4. The van der Waals surface area contributed by atoms with Crippen molar-refractivity contribution in [2.24, 2.45) is 0 Å². The summed E-state index contributed by atoms with van der Waals surface area (Å²) in [4.78, 5) is 0. The third-order valence-electron chi connectivity index (χ3n) is 2.24. The molecule has 0 bridgehead atoms. The number of rotatable bonds is 1. The molecule has 5 heteroatoms. The van der Waals surface area contributed by atoms with Gasteiger partial charge in [-0.1, -0.05) is 23.2 Å². The van der Waals surface area contributed by atoms with Gasteiger partial charge in [-0.25, -0.2) is 4.39 Å². The predicted molar refractivity (Wildman–Crippen MR) is 63.5 cm³/mol. The highest BCUT2D eigenvalue weighted by Crippen LogP contribution is 2.32. The zero-order chi connectivity index (χ0) is 12.6. The van der Waals surface area contributed by atoms with E-state index in [0.717, 1.165) is 6.07 Å².